The van der Waals surface area contributed by atoms with Gasteiger partial charge in [-0.1, -0.05) is 6.07 Å². The zero-order valence-corrected chi connectivity index (χ0v) is 12.6. The van der Waals surface area contributed by atoms with Crippen LogP contribution in [0.25, 0.3) is 26.7 Å². The Kier molecular flexibility index (Phi) is 2.78. The van der Waals surface area contributed by atoms with Crippen LogP contribution >= 0.6 is 11.3 Å². The molecule has 0 saturated heterocycles. The largest absolute Gasteiger partial charge is 0.319 e. The van der Waals surface area contributed by atoms with E-state index >= 15 is 0 Å². The van der Waals surface area contributed by atoms with E-state index in [0.29, 0.717) is 5.56 Å². The van der Waals surface area contributed by atoms with E-state index in [4.69, 9.17) is 0 Å². The van der Waals surface area contributed by atoms with Crippen molar-refractivity contribution in [2.45, 2.75) is 6.92 Å². The predicted molar refractivity (Wildman–Crippen MR) is 87.6 cm³/mol. The number of rotatable bonds is 1. The second-order valence-corrected chi connectivity index (χ2v) is 6.19. The van der Waals surface area contributed by atoms with Crippen LogP contribution in [0.3, 0.4) is 0 Å². The van der Waals surface area contributed by atoms with Gasteiger partial charge in [-0.25, -0.2) is 4.39 Å². The van der Waals surface area contributed by atoms with Crippen LogP contribution in [0.1, 0.15) is 11.3 Å². The molecule has 3 heterocycles. The van der Waals surface area contributed by atoms with Gasteiger partial charge in [0.2, 0.25) is 0 Å². The number of nitriles is 1. The predicted octanol–water partition coefficient (Wildman–Crippen LogP) is 5.14. The average molecular weight is 306 g/mol. The lowest BCUT2D eigenvalue weighted by Gasteiger charge is -2.10. The monoisotopic (exact) mass is 306 g/mol. The number of pyridine rings is 1. The highest BCUT2D eigenvalue weighted by atomic mass is 32.1. The van der Waals surface area contributed by atoms with Gasteiger partial charge < -0.3 is 4.40 Å². The van der Waals surface area contributed by atoms with Crippen molar-refractivity contribution in [3.8, 4) is 16.5 Å². The molecule has 0 saturated carbocycles. The Morgan fingerprint density at radius 3 is 2.77 bits per heavy atom. The number of aryl methyl sites for hydroxylation is 1. The minimum Gasteiger partial charge on any atom is -0.319 e. The molecule has 2 nitrogen and oxygen atoms in total. The van der Waals surface area contributed by atoms with Gasteiger partial charge in [0, 0.05) is 27.7 Å². The Morgan fingerprint density at radius 2 is 2.05 bits per heavy atom. The molecule has 4 heteroatoms. The molecule has 0 aliphatic rings. The van der Waals surface area contributed by atoms with Gasteiger partial charge in [-0.2, -0.15) is 5.26 Å². The number of thiophene rings is 1. The van der Waals surface area contributed by atoms with E-state index in [1.165, 1.54) is 6.07 Å². The number of aromatic nitrogens is 1. The first-order chi connectivity index (χ1) is 10.7. The van der Waals surface area contributed by atoms with E-state index in [2.05, 4.69) is 6.07 Å². The summed E-state index contributed by atoms with van der Waals surface area (Å²) in [6, 6.07) is 12.9. The summed E-state index contributed by atoms with van der Waals surface area (Å²) >= 11 is 1.62. The number of nitrogens with zero attached hydrogens (tertiary/aromatic N) is 2. The topological polar surface area (TPSA) is 28.2 Å². The Bertz CT molecular complexity index is 1050. The van der Waals surface area contributed by atoms with Gasteiger partial charge in [-0.15, -0.1) is 11.3 Å². The second kappa shape index (κ2) is 4.69. The van der Waals surface area contributed by atoms with E-state index in [1.807, 2.05) is 41.1 Å². The molecule has 0 unspecified atom stereocenters. The van der Waals surface area contributed by atoms with Gasteiger partial charge in [0.25, 0.3) is 0 Å². The van der Waals surface area contributed by atoms with E-state index in [1.54, 1.807) is 23.5 Å². The first-order valence-electron chi connectivity index (χ1n) is 6.87. The fraction of sp³-hybridized carbons (Fsp3) is 0.0556. The maximum absolute atomic E-state index is 13.8. The van der Waals surface area contributed by atoms with Crippen LogP contribution < -0.4 is 0 Å². The fourth-order valence-corrected chi connectivity index (χ4v) is 3.70. The first kappa shape index (κ1) is 13.1. The normalized spacial score (nSPS) is 11.1. The molecule has 0 atom stereocenters. The summed E-state index contributed by atoms with van der Waals surface area (Å²) in [6.45, 7) is 1.97. The summed E-state index contributed by atoms with van der Waals surface area (Å²) in [5.74, 6) is -0.267. The first-order valence-corrected chi connectivity index (χ1v) is 7.75. The molecule has 0 fully saturated rings. The van der Waals surface area contributed by atoms with Crippen LogP contribution in [0, 0.1) is 24.1 Å². The molecular formula is C18H11FN2S. The van der Waals surface area contributed by atoms with Crippen molar-refractivity contribution in [3.63, 3.8) is 0 Å². The van der Waals surface area contributed by atoms with Crippen molar-refractivity contribution in [2.75, 3.05) is 0 Å². The van der Waals surface area contributed by atoms with Gasteiger partial charge in [0.1, 0.15) is 11.9 Å². The quantitative estimate of drug-likeness (QED) is 0.478. The number of hydrogen-bond donors (Lipinski definition) is 0. The lowest BCUT2D eigenvalue weighted by atomic mass is 10.0. The minimum atomic E-state index is -0.267. The molecule has 0 amide bonds. The third-order valence-electron chi connectivity index (χ3n) is 3.92. The third-order valence-corrected chi connectivity index (χ3v) is 4.82. The number of halogens is 1. The highest BCUT2D eigenvalue weighted by Crippen LogP contribution is 2.36. The molecule has 0 bridgehead atoms. The zero-order chi connectivity index (χ0) is 15.3. The zero-order valence-electron chi connectivity index (χ0n) is 11.8. The minimum absolute atomic E-state index is 0.267. The maximum Gasteiger partial charge on any atom is 0.123 e. The number of hydrogen-bond acceptors (Lipinski definition) is 2. The van der Waals surface area contributed by atoms with E-state index in [9.17, 15) is 9.65 Å². The Morgan fingerprint density at radius 1 is 1.18 bits per heavy atom. The molecule has 106 valence electrons. The third kappa shape index (κ3) is 1.76. The number of fused-ring (bicyclic) bond motifs is 3. The molecule has 0 N–H and O–H groups in total. The maximum atomic E-state index is 13.8. The van der Waals surface area contributed by atoms with E-state index in [0.717, 1.165) is 32.4 Å². The van der Waals surface area contributed by atoms with Gasteiger partial charge in [0.05, 0.1) is 11.1 Å². The van der Waals surface area contributed by atoms with Gasteiger partial charge >= 0.3 is 0 Å². The Balaban J connectivity index is 2.27. The molecule has 4 rings (SSSR count). The second-order valence-electron chi connectivity index (χ2n) is 5.24. The van der Waals surface area contributed by atoms with Crippen molar-refractivity contribution >= 4 is 27.6 Å². The van der Waals surface area contributed by atoms with Crippen molar-refractivity contribution in [3.05, 3.63) is 65.0 Å². The van der Waals surface area contributed by atoms with E-state index in [-0.39, 0.29) is 5.82 Å². The van der Waals surface area contributed by atoms with Crippen LogP contribution in [0.15, 0.2) is 48.0 Å². The molecular weight excluding hydrogens is 295 g/mol. The molecule has 0 radical (unpaired) electrons. The van der Waals surface area contributed by atoms with Crippen molar-refractivity contribution in [1.82, 2.24) is 4.40 Å². The molecule has 3 aromatic heterocycles. The van der Waals surface area contributed by atoms with Crippen molar-refractivity contribution in [1.29, 1.82) is 5.26 Å². The Hall–Kier alpha value is -2.64. The molecule has 0 spiro atoms. The molecule has 22 heavy (non-hydrogen) atoms. The van der Waals surface area contributed by atoms with Crippen molar-refractivity contribution in [2.24, 2.45) is 0 Å². The lowest BCUT2D eigenvalue weighted by molar-refractivity contribution is 0.630. The summed E-state index contributed by atoms with van der Waals surface area (Å²) in [5.41, 5.74) is 3.44. The van der Waals surface area contributed by atoms with Crippen LogP contribution in [0.4, 0.5) is 4.39 Å². The molecule has 0 aliphatic carbocycles. The molecule has 1 aromatic carbocycles. The summed E-state index contributed by atoms with van der Waals surface area (Å²) in [7, 11) is 0. The van der Waals surface area contributed by atoms with Crippen molar-refractivity contribution < 1.29 is 4.39 Å². The lowest BCUT2D eigenvalue weighted by Crippen LogP contribution is -1.92. The van der Waals surface area contributed by atoms with Gasteiger partial charge in [-0.3, -0.25) is 0 Å². The van der Waals surface area contributed by atoms with Crippen LogP contribution in [0.5, 0.6) is 0 Å². The standard InChI is InChI=1S/C18H11FN2S/c1-11-7-12(9-20)18-14-5-4-13(19)8-15(14)16(10-21(11)18)17-3-2-6-22-17/h2-8,10H,1H3. The molecule has 4 aromatic rings. The molecule has 0 aliphatic heterocycles. The highest BCUT2D eigenvalue weighted by Gasteiger charge is 2.15. The van der Waals surface area contributed by atoms with Crippen LogP contribution in [0.2, 0.25) is 0 Å². The summed E-state index contributed by atoms with van der Waals surface area (Å²) < 4.78 is 15.8. The van der Waals surface area contributed by atoms with Gasteiger partial charge in [0.15, 0.2) is 0 Å². The summed E-state index contributed by atoms with van der Waals surface area (Å²) in [6.07, 6.45) is 2.00. The van der Waals surface area contributed by atoms with E-state index < -0.39 is 0 Å². The highest BCUT2D eigenvalue weighted by molar-refractivity contribution is 7.13. The van der Waals surface area contributed by atoms with Crippen LogP contribution in [-0.4, -0.2) is 4.40 Å². The summed E-state index contributed by atoms with van der Waals surface area (Å²) in [5, 5.41) is 13.1. The average Bonchev–Trinajstić information content (AvgIpc) is 3.14. The Labute approximate surface area is 130 Å². The smallest absolute Gasteiger partial charge is 0.123 e. The van der Waals surface area contributed by atoms with Gasteiger partial charge in [-0.05, 0) is 48.0 Å². The summed E-state index contributed by atoms with van der Waals surface area (Å²) in [4.78, 5) is 1.09. The number of benzene rings is 1. The fourth-order valence-electron chi connectivity index (χ4n) is 2.95. The SMILES string of the molecule is Cc1cc(C#N)c2c3ccc(F)cc3c(-c3cccs3)cn12. The van der Waals surface area contributed by atoms with Crippen LogP contribution in [-0.2, 0) is 0 Å².